The highest BCUT2D eigenvalue weighted by atomic mass is 35.5. The molecule has 0 aliphatic heterocycles. The molecule has 0 atom stereocenters. The molecule has 0 aliphatic carbocycles. The van der Waals surface area contributed by atoms with E-state index in [1.54, 1.807) is 12.5 Å². The number of imidazole rings is 1. The van der Waals surface area contributed by atoms with E-state index < -0.39 is 0 Å². The molecule has 1 amide bonds. The van der Waals surface area contributed by atoms with Crippen molar-refractivity contribution < 1.29 is 4.79 Å². The molecule has 2 aromatic rings. The third-order valence-electron chi connectivity index (χ3n) is 2.77. The average Bonchev–Trinajstić information content (AvgIpc) is 3.09. The van der Waals surface area contributed by atoms with E-state index >= 15 is 0 Å². The van der Waals surface area contributed by atoms with Crippen LogP contribution in [0.4, 0.5) is 0 Å². The molecule has 20 heavy (non-hydrogen) atoms. The number of aromatic nitrogens is 3. The van der Waals surface area contributed by atoms with Crippen LogP contribution in [-0.4, -0.2) is 27.0 Å². The van der Waals surface area contributed by atoms with Crippen molar-refractivity contribution in [3.63, 3.8) is 0 Å². The molecule has 0 saturated heterocycles. The van der Waals surface area contributed by atoms with Crippen LogP contribution in [-0.2, 0) is 23.6 Å². The van der Waals surface area contributed by atoms with Gasteiger partial charge >= 0.3 is 0 Å². The van der Waals surface area contributed by atoms with Gasteiger partial charge in [-0.15, -0.1) is 22.9 Å². The highest BCUT2D eigenvalue weighted by Crippen LogP contribution is 2.11. The molecule has 7 heteroatoms. The lowest BCUT2D eigenvalue weighted by Gasteiger charge is -2.04. The molecule has 1 N–H and O–H groups in total. The van der Waals surface area contributed by atoms with Gasteiger partial charge in [0, 0.05) is 30.9 Å². The van der Waals surface area contributed by atoms with Crippen molar-refractivity contribution >= 4 is 28.8 Å². The van der Waals surface area contributed by atoms with E-state index in [0.29, 0.717) is 18.8 Å². The van der Waals surface area contributed by atoms with Gasteiger partial charge in [0.15, 0.2) is 0 Å². The van der Waals surface area contributed by atoms with Crippen LogP contribution in [0.15, 0.2) is 24.1 Å². The molecular weight excluding hydrogens is 296 g/mol. The molecule has 0 bridgehead atoms. The maximum atomic E-state index is 11.7. The van der Waals surface area contributed by atoms with Crippen LogP contribution in [0.1, 0.15) is 23.5 Å². The van der Waals surface area contributed by atoms with Gasteiger partial charge in [0.05, 0.1) is 24.3 Å². The quantitative estimate of drug-likeness (QED) is 0.600. The van der Waals surface area contributed by atoms with Crippen molar-refractivity contribution in [2.24, 2.45) is 0 Å². The van der Waals surface area contributed by atoms with E-state index in [9.17, 15) is 4.79 Å². The zero-order chi connectivity index (χ0) is 14.2. The summed E-state index contributed by atoms with van der Waals surface area (Å²) in [5.41, 5.74) is 0.833. The van der Waals surface area contributed by atoms with Crippen molar-refractivity contribution in [3.8, 4) is 0 Å². The number of alkyl halides is 1. The smallest absolute Gasteiger partial charge is 0.226 e. The Morgan fingerprint density at radius 2 is 2.35 bits per heavy atom. The summed E-state index contributed by atoms with van der Waals surface area (Å²) in [5, 5.41) is 5.61. The fourth-order valence-corrected chi connectivity index (χ4v) is 2.78. The van der Waals surface area contributed by atoms with Crippen LogP contribution in [0.25, 0.3) is 0 Å². The largest absolute Gasteiger partial charge is 0.356 e. The fraction of sp³-hybridized carbons (Fsp3) is 0.462. The molecule has 0 aliphatic rings. The van der Waals surface area contributed by atoms with Crippen molar-refractivity contribution in [1.82, 2.24) is 19.9 Å². The molecule has 0 aromatic carbocycles. The zero-order valence-electron chi connectivity index (χ0n) is 11.1. The standard InChI is InChI=1S/C13H17ClN4OS/c14-8-11-9-20-13(17-11)7-12(19)16-3-1-2-5-18-6-4-15-10-18/h4,6,9-10H,1-3,5,7-8H2,(H,16,19). The van der Waals surface area contributed by atoms with Gasteiger partial charge in [-0.2, -0.15) is 0 Å². The van der Waals surface area contributed by atoms with Crippen LogP contribution >= 0.6 is 22.9 Å². The minimum atomic E-state index is 0.0168. The summed E-state index contributed by atoms with van der Waals surface area (Å²) in [4.78, 5) is 20.0. The van der Waals surface area contributed by atoms with Gasteiger partial charge in [0.1, 0.15) is 5.01 Å². The number of aryl methyl sites for hydroxylation is 1. The summed E-state index contributed by atoms with van der Waals surface area (Å²) < 4.78 is 2.03. The second-order valence-electron chi connectivity index (χ2n) is 4.40. The summed E-state index contributed by atoms with van der Waals surface area (Å²) in [5.74, 6) is 0.412. The van der Waals surface area contributed by atoms with Gasteiger partial charge < -0.3 is 9.88 Å². The number of hydrogen-bond acceptors (Lipinski definition) is 4. The van der Waals surface area contributed by atoms with Crippen LogP contribution < -0.4 is 5.32 Å². The van der Waals surface area contributed by atoms with Gasteiger partial charge in [0.25, 0.3) is 0 Å². The number of nitrogens with one attached hydrogen (secondary N) is 1. The second kappa shape index (κ2) is 8.01. The van der Waals surface area contributed by atoms with E-state index in [1.807, 2.05) is 16.1 Å². The van der Waals surface area contributed by atoms with Crippen LogP contribution in [0.5, 0.6) is 0 Å². The number of carbonyl (C=O) groups excluding carboxylic acids is 1. The zero-order valence-corrected chi connectivity index (χ0v) is 12.7. The Morgan fingerprint density at radius 3 is 3.05 bits per heavy atom. The number of rotatable bonds is 8. The van der Waals surface area contributed by atoms with Gasteiger partial charge in [-0.1, -0.05) is 0 Å². The van der Waals surface area contributed by atoms with Crippen LogP contribution in [0.2, 0.25) is 0 Å². The number of carbonyl (C=O) groups is 1. The first kappa shape index (κ1) is 15.0. The predicted octanol–water partition coefficient (Wildman–Crippen LogP) is 2.22. The normalized spacial score (nSPS) is 10.7. The van der Waals surface area contributed by atoms with Crippen LogP contribution in [0, 0.1) is 0 Å². The molecule has 0 spiro atoms. The van der Waals surface area contributed by atoms with Gasteiger partial charge in [0.2, 0.25) is 5.91 Å². The molecule has 0 radical (unpaired) electrons. The SMILES string of the molecule is O=C(Cc1nc(CCl)cs1)NCCCCn1ccnc1. The summed E-state index contributed by atoms with van der Waals surface area (Å²) >= 11 is 7.15. The third-order valence-corrected chi connectivity index (χ3v) is 3.94. The highest BCUT2D eigenvalue weighted by molar-refractivity contribution is 7.09. The van der Waals surface area contributed by atoms with Gasteiger partial charge in [-0.3, -0.25) is 4.79 Å². The Kier molecular flexibility index (Phi) is 6.01. The summed E-state index contributed by atoms with van der Waals surface area (Å²) in [6.07, 6.45) is 7.82. The van der Waals surface area contributed by atoms with Gasteiger partial charge in [-0.05, 0) is 12.8 Å². The number of amides is 1. The van der Waals surface area contributed by atoms with Crippen molar-refractivity contribution in [2.75, 3.05) is 6.54 Å². The maximum absolute atomic E-state index is 11.7. The monoisotopic (exact) mass is 312 g/mol. The molecule has 0 saturated carbocycles. The number of hydrogen-bond donors (Lipinski definition) is 1. The van der Waals surface area contributed by atoms with E-state index in [-0.39, 0.29) is 5.91 Å². The number of nitrogens with zero attached hydrogens (tertiary/aromatic N) is 3. The maximum Gasteiger partial charge on any atom is 0.226 e. The van der Waals surface area contributed by atoms with Crippen molar-refractivity contribution in [1.29, 1.82) is 0 Å². The number of halogens is 1. The summed E-state index contributed by atoms with van der Waals surface area (Å²) in [7, 11) is 0. The first-order chi connectivity index (χ1) is 9.78. The average molecular weight is 313 g/mol. The molecule has 0 unspecified atom stereocenters. The molecule has 2 aromatic heterocycles. The predicted molar refractivity (Wildman–Crippen MR) is 79.8 cm³/mol. The lowest BCUT2D eigenvalue weighted by molar-refractivity contribution is -0.120. The van der Waals surface area contributed by atoms with E-state index in [2.05, 4.69) is 15.3 Å². The minimum absolute atomic E-state index is 0.0168. The number of unbranched alkanes of at least 4 members (excludes halogenated alkanes) is 1. The second-order valence-corrected chi connectivity index (χ2v) is 5.61. The molecular formula is C13H17ClN4OS. The van der Waals surface area contributed by atoms with Crippen molar-refractivity contribution in [2.45, 2.75) is 31.7 Å². The highest BCUT2D eigenvalue weighted by Gasteiger charge is 2.07. The fourth-order valence-electron chi connectivity index (χ4n) is 1.76. The van der Waals surface area contributed by atoms with Crippen molar-refractivity contribution in [3.05, 3.63) is 34.8 Å². The summed E-state index contributed by atoms with van der Waals surface area (Å²) in [6, 6.07) is 0. The molecule has 2 rings (SSSR count). The van der Waals surface area contributed by atoms with E-state index in [1.165, 1.54) is 11.3 Å². The molecule has 2 heterocycles. The lowest BCUT2D eigenvalue weighted by Crippen LogP contribution is -2.26. The molecule has 5 nitrogen and oxygen atoms in total. The first-order valence-electron chi connectivity index (χ1n) is 6.49. The Labute approximate surface area is 127 Å². The lowest BCUT2D eigenvalue weighted by atomic mass is 10.3. The van der Waals surface area contributed by atoms with E-state index in [4.69, 9.17) is 11.6 Å². The van der Waals surface area contributed by atoms with Crippen LogP contribution in [0.3, 0.4) is 0 Å². The Bertz CT molecular complexity index is 526. The van der Waals surface area contributed by atoms with Gasteiger partial charge in [-0.25, -0.2) is 9.97 Å². The summed E-state index contributed by atoms with van der Waals surface area (Å²) in [6.45, 7) is 1.63. The topological polar surface area (TPSA) is 59.8 Å². The Hall–Kier alpha value is -1.40. The number of thiazole rings is 1. The molecule has 0 fully saturated rings. The first-order valence-corrected chi connectivity index (χ1v) is 7.91. The Morgan fingerprint density at radius 1 is 1.45 bits per heavy atom. The van der Waals surface area contributed by atoms with E-state index in [0.717, 1.165) is 30.1 Å². The Balaban J connectivity index is 1.58. The third kappa shape index (κ3) is 4.94. The molecule has 108 valence electrons. The minimum Gasteiger partial charge on any atom is -0.356 e.